The molecule has 0 fully saturated rings. The molecule has 0 aliphatic heterocycles. The fraction of sp³-hybridized carbons (Fsp3) is 0.417. The highest BCUT2D eigenvalue weighted by Crippen LogP contribution is 2.33. The zero-order chi connectivity index (χ0) is 13.5. The van der Waals surface area contributed by atoms with Crippen LogP contribution in [0.15, 0.2) is 23.1 Å². The number of thioether (sulfide) groups is 1. The number of anilines is 1. The molecule has 1 rings (SSSR count). The lowest BCUT2D eigenvalue weighted by atomic mass is 10.3. The van der Waals surface area contributed by atoms with Crippen molar-refractivity contribution in [1.82, 2.24) is 5.43 Å². The van der Waals surface area contributed by atoms with Crippen LogP contribution in [0.4, 0.5) is 5.69 Å². The Balaban J connectivity index is 2.87. The predicted octanol–water partition coefficient (Wildman–Crippen LogP) is 1.53. The SMILES string of the molecule is CCOc1ccc(N)c(SC(CC)C(=O)NN)c1. The Bertz CT molecular complexity index is 412. The van der Waals surface area contributed by atoms with Crippen molar-refractivity contribution >= 4 is 23.4 Å². The first-order valence-corrected chi connectivity index (χ1v) is 6.69. The zero-order valence-electron chi connectivity index (χ0n) is 10.6. The van der Waals surface area contributed by atoms with Crippen molar-refractivity contribution in [3.05, 3.63) is 18.2 Å². The maximum absolute atomic E-state index is 11.5. The van der Waals surface area contributed by atoms with Gasteiger partial charge in [-0.1, -0.05) is 6.92 Å². The number of hydrazine groups is 1. The quantitative estimate of drug-likeness (QED) is 0.239. The number of nitrogen functional groups attached to an aromatic ring is 1. The number of nitrogens with two attached hydrogens (primary N) is 2. The number of amides is 1. The second-order valence-corrected chi connectivity index (χ2v) is 4.90. The molecule has 1 aromatic rings. The summed E-state index contributed by atoms with van der Waals surface area (Å²) in [5.74, 6) is 5.69. The molecule has 1 amide bonds. The summed E-state index contributed by atoms with van der Waals surface area (Å²) in [6, 6.07) is 5.43. The van der Waals surface area contributed by atoms with Crippen LogP contribution in [0.2, 0.25) is 0 Å². The van der Waals surface area contributed by atoms with Crippen LogP contribution < -0.4 is 21.7 Å². The Kier molecular flexibility index (Phi) is 5.80. The molecule has 1 atom stereocenters. The maximum atomic E-state index is 11.5. The second kappa shape index (κ2) is 7.13. The topological polar surface area (TPSA) is 90.4 Å². The largest absolute Gasteiger partial charge is 0.494 e. The molecule has 0 aromatic heterocycles. The maximum Gasteiger partial charge on any atom is 0.247 e. The molecular weight excluding hydrogens is 250 g/mol. The van der Waals surface area contributed by atoms with Crippen LogP contribution in [0.25, 0.3) is 0 Å². The standard InChI is InChI=1S/C12H19N3O2S/c1-3-10(12(16)15-14)18-11-7-8(17-4-2)5-6-9(11)13/h5-7,10H,3-4,13-14H2,1-2H3,(H,15,16). The normalized spacial score (nSPS) is 11.9. The van der Waals surface area contributed by atoms with Gasteiger partial charge in [0.15, 0.2) is 0 Å². The molecule has 0 saturated heterocycles. The summed E-state index contributed by atoms with van der Waals surface area (Å²) in [4.78, 5) is 12.4. The van der Waals surface area contributed by atoms with Gasteiger partial charge in [0.1, 0.15) is 5.75 Å². The van der Waals surface area contributed by atoms with Gasteiger partial charge in [0, 0.05) is 10.6 Å². The lowest BCUT2D eigenvalue weighted by Crippen LogP contribution is -2.37. The summed E-state index contributed by atoms with van der Waals surface area (Å²) in [5, 5.41) is -0.255. The van der Waals surface area contributed by atoms with E-state index >= 15 is 0 Å². The lowest BCUT2D eigenvalue weighted by molar-refractivity contribution is -0.120. The van der Waals surface area contributed by atoms with Crippen molar-refractivity contribution in [1.29, 1.82) is 0 Å². The van der Waals surface area contributed by atoms with E-state index in [0.29, 0.717) is 18.7 Å². The van der Waals surface area contributed by atoms with E-state index in [9.17, 15) is 4.79 Å². The van der Waals surface area contributed by atoms with Gasteiger partial charge in [-0.05, 0) is 31.5 Å². The van der Waals surface area contributed by atoms with Crippen LogP contribution in [-0.4, -0.2) is 17.8 Å². The third-order valence-corrected chi connectivity index (χ3v) is 3.81. The van der Waals surface area contributed by atoms with E-state index in [1.807, 2.05) is 26.0 Å². The first-order valence-electron chi connectivity index (χ1n) is 5.81. The summed E-state index contributed by atoms with van der Waals surface area (Å²) >= 11 is 1.39. The fourth-order valence-corrected chi connectivity index (χ4v) is 2.48. The average molecular weight is 269 g/mol. The minimum atomic E-state index is -0.255. The molecule has 5 N–H and O–H groups in total. The Morgan fingerprint density at radius 3 is 2.78 bits per heavy atom. The van der Waals surface area contributed by atoms with Gasteiger partial charge in [0.25, 0.3) is 0 Å². The molecule has 5 nitrogen and oxygen atoms in total. The van der Waals surface area contributed by atoms with Gasteiger partial charge in [-0.15, -0.1) is 11.8 Å². The van der Waals surface area contributed by atoms with Crippen LogP contribution in [0.1, 0.15) is 20.3 Å². The molecule has 100 valence electrons. The van der Waals surface area contributed by atoms with Crippen LogP contribution >= 0.6 is 11.8 Å². The zero-order valence-corrected chi connectivity index (χ0v) is 11.4. The molecule has 0 heterocycles. The molecule has 18 heavy (non-hydrogen) atoms. The van der Waals surface area contributed by atoms with E-state index in [-0.39, 0.29) is 11.2 Å². The first-order chi connectivity index (χ1) is 8.62. The summed E-state index contributed by atoms with van der Waals surface area (Å²) in [7, 11) is 0. The molecule has 0 bridgehead atoms. The lowest BCUT2D eigenvalue weighted by Gasteiger charge is -2.15. The van der Waals surface area contributed by atoms with Crippen molar-refractivity contribution in [2.24, 2.45) is 5.84 Å². The minimum absolute atomic E-state index is 0.205. The van der Waals surface area contributed by atoms with Gasteiger partial charge >= 0.3 is 0 Å². The molecular formula is C12H19N3O2S. The van der Waals surface area contributed by atoms with Gasteiger partial charge < -0.3 is 10.5 Å². The molecule has 0 saturated carbocycles. The van der Waals surface area contributed by atoms with Gasteiger partial charge in [-0.25, -0.2) is 5.84 Å². The average Bonchev–Trinajstić information content (AvgIpc) is 2.38. The molecule has 0 spiro atoms. The molecule has 1 unspecified atom stereocenters. The van der Waals surface area contributed by atoms with Crippen molar-refractivity contribution in [3.8, 4) is 5.75 Å². The number of carbonyl (C=O) groups excluding carboxylic acids is 1. The van der Waals surface area contributed by atoms with Crippen molar-refractivity contribution < 1.29 is 9.53 Å². The molecule has 6 heteroatoms. The molecule has 0 radical (unpaired) electrons. The number of benzene rings is 1. The molecule has 0 aliphatic carbocycles. The Hall–Kier alpha value is -1.40. The highest BCUT2D eigenvalue weighted by molar-refractivity contribution is 8.00. The van der Waals surface area contributed by atoms with Crippen molar-refractivity contribution in [2.45, 2.75) is 30.4 Å². The third-order valence-electron chi connectivity index (χ3n) is 2.37. The van der Waals surface area contributed by atoms with Crippen LogP contribution in [0.5, 0.6) is 5.75 Å². The Morgan fingerprint density at radius 2 is 2.22 bits per heavy atom. The van der Waals surface area contributed by atoms with E-state index in [4.69, 9.17) is 16.3 Å². The number of ether oxygens (including phenoxy) is 1. The van der Waals surface area contributed by atoms with Crippen LogP contribution in [0, 0.1) is 0 Å². The van der Waals surface area contributed by atoms with E-state index in [1.165, 1.54) is 11.8 Å². The number of nitrogens with one attached hydrogen (secondary N) is 1. The first kappa shape index (κ1) is 14.7. The van der Waals surface area contributed by atoms with Crippen molar-refractivity contribution in [3.63, 3.8) is 0 Å². The molecule has 0 aliphatic rings. The summed E-state index contributed by atoms with van der Waals surface area (Å²) in [5.41, 5.74) is 8.69. The van der Waals surface area contributed by atoms with E-state index in [2.05, 4.69) is 5.43 Å². The monoisotopic (exact) mass is 269 g/mol. The second-order valence-electron chi connectivity index (χ2n) is 3.66. The summed E-state index contributed by atoms with van der Waals surface area (Å²) in [6.45, 7) is 4.43. The minimum Gasteiger partial charge on any atom is -0.494 e. The van der Waals surface area contributed by atoms with Crippen LogP contribution in [0.3, 0.4) is 0 Å². The Morgan fingerprint density at radius 1 is 1.50 bits per heavy atom. The van der Waals surface area contributed by atoms with Gasteiger partial charge in [0.2, 0.25) is 5.91 Å². The Labute approximate surface area is 111 Å². The van der Waals surface area contributed by atoms with Gasteiger partial charge in [-0.3, -0.25) is 10.2 Å². The summed E-state index contributed by atoms with van der Waals surface area (Å²) < 4.78 is 5.41. The predicted molar refractivity (Wildman–Crippen MR) is 74.3 cm³/mol. The molecule has 1 aromatic carbocycles. The van der Waals surface area contributed by atoms with E-state index in [0.717, 1.165) is 10.6 Å². The van der Waals surface area contributed by atoms with Crippen molar-refractivity contribution in [2.75, 3.05) is 12.3 Å². The third kappa shape index (κ3) is 3.82. The highest BCUT2D eigenvalue weighted by Gasteiger charge is 2.18. The smallest absolute Gasteiger partial charge is 0.247 e. The van der Waals surface area contributed by atoms with E-state index in [1.54, 1.807) is 6.07 Å². The fourth-order valence-electron chi connectivity index (χ4n) is 1.44. The van der Waals surface area contributed by atoms with Gasteiger partial charge in [0.05, 0.1) is 11.9 Å². The van der Waals surface area contributed by atoms with Gasteiger partial charge in [-0.2, -0.15) is 0 Å². The number of hydrogen-bond donors (Lipinski definition) is 3. The number of hydrogen-bond acceptors (Lipinski definition) is 5. The van der Waals surface area contributed by atoms with E-state index < -0.39 is 0 Å². The highest BCUT2D eigenvalue weighted by atomic mass is 32.2. The number of rotatable bonds is 6. The summed E-state index contributed by atoms with van der Waals surface area (Å²) in [6.07, 6.45) is 0.673. The number of carbonyl (C=O) groups is 1. The van der Waals surface area contributed by atoms with Crippen LogP contribution in [-0.2, 0) is 4.79 Å².